The smallest absolute Gasteiger partial charge is 0.307 e. The number of hydrogen-bond acceptors (Lipinski definition) is 5. The zero-order chi connectivity index (χ0) is 17.9. The molecule has 2 rings (SSSR count). The van der Waals surface area contributed by atoms with Gasteiger partial charge in [0.25, 0.3) is 0 Å². The van der Waals surface area contributed by atoms with Crippen LogP contribution in [0.4, 0.5) is 0 Å². The number of ether oxygens (including phenoxy) is 2. The molecule has 0 aliphatic rings. The average molecular weight is 408 g/mol. The van der Waals surface area contributed by atoms with Gasteiger partial charge in [-0.05, 0) is 46.3 Å². The van der Waals surface area contributed by atoms with Crippen molar-refractivity contribution in [2.24, 2.45) is 0 Å². The Morgan fingerprint density at radius 3 is 2.76 bits per heavy atom. The highest BCUT2D eigenvalue weighted by molar-refractivity contribution is 9.10. The molecule has 0 aliphatic carbocycles. The van der Waals surface area contributed by atoms with E-state index in [0.717, 1.165) is 4.47 Å². The number of benzene rings is 1. The summed E-state index contributed by atoms with van der Waals surface area (Å²) in [5.74, 6) is 0.571. The van der Waals surface area contributed by atoms with E-state index in [1.54, 1.807) is 18.2 Å². The molecule has 1 N–H and O–H groups in total. The first-order chi connectivity index (χ1) is 12.1. The van der Waals surface area contributed by atoms with Crippen LogP contribution in [0.1, 0.15) is 12.2 Å². The second-order valence-corrected chi connectivity index (χ2v) is 5.74. The molecule has 2 aromatic rings. The van der Waals surface area contributed by atoms with E-state index >= 15 is 0 Å². The minimum Gasteiger partial charge on any atom is -0.489 e. The number of furan rings is 1. The van der Waals surface area contributed by atoms with E-state index in [1.807, 2.05) is 24.3 Å². The molecule has 0 aliphatic heterocycles. The van der Waals surface area contributed by atoms with E-state index in [4.69, 9.17) is 13.9 Å². The van der Waals surface area contributed by atoms with Crippen LogP contribution in [0.25, 0.3) is 6.08 Å². The maximum atomic E-state index is 11.6. The fourth-order valence-corrected chi connectivity index (χ4v) is 2.23. The van der Waals surface area contributed by atoms with E-state index in [-0.39, 0.29) is 32.1 Å². The van der Waals surface area contributed by atoms with Gasteiger partial charge in [0, 0.05) is 12.6 Å². The molecule has 0 saturated carbocycles. The molecule has 132 valence electrons. The lowest BCUT2D eigenvalue weighted by Crippen LogP contribution is -2.25. The first-order valence-electron chi connectivity index (χ1n) is 7.67. The maximum absolute atomic E-state index is 11.6. The first kappa shape index (κ1) is 18.8. The van der Waals surface area contributed by atoms with Gasteiger partial charge < -0.3 is 19.2 Å². The summed E-state index contributed by atoms with van der Waals surface area (Å²) in [6, 6.07) is 10.9. The Balaban J connectivity index is 1.55. The van der Waals surface area contributed by atoms with E-state index in [0.29, 0.717) is 11.5 Å². The quantitative estimate of drug-likeness (QED) is 0.392. The van der Waals surface area contributed by atoms with Crippen LogP contribution in [0.5, 0.6) is 5.75 Å². The highest BCUT2D eigenvalue weighted by Crippen LogP contribution is 2.23. The zero-order valence-corrected chi connectivity index (χ0v) is 15.0. The minimum absolute atomic E-state index is 0.0926. The highest BCUT2D eigenvalue weighted by atomic mass is 79.9. The van der Waals surface area contributed by atoms with E-state index in [1.165, 1.54) is 12.3 Å². The normalized spacial score (nSPS) is 10.6. The molecule has 0 radical (unpaired) electrons. The number of carbonyl (C=O) groups is 2. The summed E-state index contributed by atoms with van der Waals surface area (Å²) in [4.78, 5) is 23.1. The lowest BCUT2D eigenvalue weighted by atomic mass is 10.3. The first-order valence-corrected chi connectivity index (χ1v) is 8.47. The molecule has 1 heterocycles. The van der Waals surface area contributed by atoms with E-state index in [2.05, 4.69) is 21.2 Å². The molecule has 6 nitrogen and oxygen atoms in total. The van der Waals surface area contributed by atoms with E-state index < -0.39 is 5.97 Å². The Bertz CT molecular complexity index is 712. The van der Waals surface area contributed by atoms with Gasteiger partial charge in [-0.2, -0.15) is 0 Å². The van der Waals surface area contributed by atoms with Crippen LogP contribution in [0.3, 0.4) is 0 Å². The molecule has 0 spiro atoms. The van der Waals surface area contributed by atoms with Gasteiger partial charge in [0.15, 0.2) is 0 Å². The van der Waals surface area contributed by atoms with Crippen molar-refractivity contribution in [1.29, 1.82) is 0 Å². The Morgan fingerprint density at radius 2 is 2.00 bits per heavy atom. The zero-order valence-electron chi connectivity index (χ0n) is 13.4. The summed E-state index contributed by atoms with van der Waals surface area (Å²) in [6.45, 7) is 0.602. The lowest BCUT2D eigenvalue weighted by molar-refractivity contribution is -0.144. The predicted molar refractivity (Wildman–Crippen MR) is 96.0 cm³/mol. The number of halogens is 1. The van der Waals surface area contributed by atoms with Gasteiger partial charge in [0.05, 0.1) is 17.2 Å². The molecule has 25 heavy (non-hydrogen) atoms. The molecule has 0 unspecified atom stereocenters. The Labute approximate surface area is 153 Å². The summed E-state index contributed by atoms with van der Waals surface area (Å²) in [6.07, 6.45) is 4.51. The Morgan fingerprint density at radius 1 is 1.16 bits per heavy atom. The average Bonchev–Trinajstić information content (AvgIpc) is 3.12. The van der Waals surface area contributed by atoms with Crippen LogP contribution in [0.2, 0.25) is 0 Å². The fraction of sp³-hybridized carbons (Fsp3) is 0.222. The number of amides is 1. The molecule has 7 heteroatoms. The third kappa shape index (κ3) is 7.26. The monoisotopic (exact) mass is 407 g/mol. The standard InChI is InChI=1S/C18H18BrNO5/c19-15-5-1-2-6-16(15)24-12-13-25-18(22)9-10-20-17(21)8-7-14-4-3-11-23-14/h1-8,11H,9-10,12-13H2,(H,20,21)/b8-7+. The second-order valence-electron chi connectivity index (χ2n) is 4.89. The highest BCUT2D eigenvalue weighted by Gasteiger charge is 2.05. The van der Waals surface area contributed by atoms with Gasteiger partial charge in [0.1, 0.15) is 24.7 Å². The number of rotatable bonds is 9. The van der Waals surface area contributed by atoms with Gasteiger partial charge in [0.2, 0.25) is 5.91 Å². The molecule has 0 saturated heterocycles. The summed E-state index contributed by atoms with van der Waals surface area (Å²) in [5, 5.41) is 2.59. The second kappa shape index (κ2) is 10.4. The van der Waals surface area contributed by atoms with Gasteiger partial charge in [-0.1, -0.05) is 12.1 Å². The Kier molecular flexibility index (Phi) is 7.78. The van der Waals surface area contributed by atoms with Crippen LogP contribution in [-0.2, 0) is 14.3 Å². The molecule has 0 fully saturated rings. The van der Waals surface area contributed by atoms with Crippen molar-refractivity contribution in [3.8, 4) is 5.75 Å². The molecule has 1 aromatic carbocycles. The molecule has 0 bridgehead atoms. The van der Waals surface area contributed by atoms with Crippen LogP contribution < -0.4 is 10.1 Å². The number of para-hydroxylation sites is 1. The van der Waals surface area contributed by atoms with Crippen molar-refractivity contribution in [3.05, 3.63) is 59.0 Å². The van der Waals surface area contributed by atoms with Crippen LogP contribution in [0, 0.1) is 0 Å². The molecule has 1 amide bonds. The lowest BCUT2D eigenvalue weighted by Gasteiger charge is -2.08. The molecular weight excluding hydrogens is 390 g/mol. The minimum atomic E-state index is -0.397. The van der Waals surface area contributed by atoms with Crippen molar-refractivity contribution in [3.63, 3.8) is 0 Å². The Hall–Kier alpha value is -2.54. The van der Waals surface area contributed by atoms with Gasteiger partial charge in [-0.25, -0.2) is 0 Å². The molecule has 1 aromatic heterocycles. The van der Waals surface area contributed by atoms with Crippen molar-refractivity contribution >= 4 is 33.9 Å². The SMILES string of the molecule is O=C(/C=C/c1ccco1)NCCC(=O)OCCOc1ccccc1Br. The van der Waals surface area contributed by atoms with Gasteiger partial charge in [-0.15, -0.1) is 0 Å². The fourth-order valence-electron chi connectivity index (χ4n) is 1.83. The number of carbonyl (C=O) groups excluding carboxylic acids is 2. The number of nitrogens with one attached hydrogen (secondary N) is 1. The van der Waals surface area contributed by atoms with Crippen molar-refractivity contribution < 1.29 is 23.5 Å². The summed E-state index contributed by atoms with van der Waals surface area (Å²) in [5.41, 5.74) is 0. The largest absolute Gasteiger partial charge is 0.489 e. The van der Waals surface area contributed by atoms with Crippen molar-refractivity contribution in [1.82, 2.24) is 5.32 Å². The maximum Gasteiger partial charge on any atom is 0.307 e. The third-order valence-electron chi connectivity index (χ3n) is 3.01. The predicted octanol–water partition coefficient (Wildman–Crippen LogP) is 3.18. The van der Waals surface area contributed by atoms with E-state index in [9.17, 15) is 9.59 Å². The van der Waals surface area contributed by atoms with Crippen molar-refractivity contribution in [2.45, 2.75) is 6.42 Å². The summed E-state index contributed by atoms with van der Waals surface area (Å²) in [7, 11) is 0. The summed E-state index contributed by atoms with van der Waals surface area (Å²) < 4.78 is 16.4. The van der Waals surface area contributed by atoms with Gasteiger partial charge >= 0.3 is 5.97 Å². The van der Waals surface area contributed by atoms with Crippen LogP contribution in [-0.4, -0.2) is 31.6 Å². The van der Waals surface area contributed by atoms with Crippen LogP contribution >= 0.6 is 15.9 Å². The van der Waals surface area contributed by atoms with Crippen LogP contribution in [0.15, 0.2) is 57.6 Å². The van der Waals surface area contributed by atoms with Crippen molar-refractivity contribution in [2.75, 3.05) is 19.8 Å². The number of hydrogen-bond donors (Lipinski definition) is 1. The topological polar surface area (TPSA) is 77.8 Å². The number of esters is 1. The van der Waals surface area contributed by atoms with Gasteiger partial charge in [-0.3, -0.25) is 9.59 Å². The third-order valence-corrected chi connectivity index (χ3v) is 3.67. The molecular formula is C18H18BrNO5. The summed E-state index contributed by atoms with van der Waals surface area (Å²) >= 11 is 3.37. The molecule has 0 atom stereocenters.